The van der Waals surface area contributed by atoms with E-state index in [-0.39, 0.29) is 21.4 Å². The van der Waals surface area contributed by atoms with Crippen molar-refractivity contribution in [2.45, 2.75) is 0 Å². The third kappa shape index (κ3) is 4.42. The van der Waals surface area contributed by atoms with Gasteiger partial charge in [-0.25, -0.2) is 0 Å². The molecule has 1 heterocycles. The summed E-state index contributed by atoms with van der Waals surface area (Å²) in [6, 6.07) is 23.3. The van der Waals surface area contributed by atoms with Crippen LogP contribution >= 0.6 is 23.2 Å². The maximum atomic E-state index is 12.5. The molecule has 0 atom stereocenters. The van der Waals surface area contributed by atoms with Gasteiger partial charge < -0.3 is 14.6 Å². The molecule has 0 aliphatic rings. The molecule has 5 nitrogen and oxygen atoms in total. The Balaban J connectivity index is 1.52. The van der Waals surface area contributed by atoms with Crippen LogP contribution in [0.15, 0.2) is 83.4 Å². The van der Waals surface area contributed by atoms with Gasteiger partial charge in [0.05, 0.1) is 15.6 Å². The van der Waals surface area contributed by atoms with Crippen LogP contribution in [0.5, 0.6) is 11.5 Å². The molecule has 0 bridgehead atoms. The largest absolute Gasteiger partial charge is 0.457 e. The lowest BCUT2D eigenvalue weighted by Crippen LogP contribution is -2.13. The maximum Gasteiger partial charge on any atom is 0.259 e. The van der Waals surface area contributed by atoms with Crippen LogP contribution in [0.25, 0.3) is 11.3 Å². The molecule has 0 spiro atoms. The van der Waals surface area contributed by atoms with Crippen LogP contribution in [0.4, 0.5) is 5.82 Å². The van der Waals surface area contributed by atoms with Crippen LogP contribution in [-0.2, 0) is 0 Å². The van der Waals surface area contributed by atoms with Crippen LogP contribution in [0, 0.1) is 0 Å². The van der Waals surface area contributed by atoms with Crippen molar-refractivity contribution in [2.75, 3.05) is 5.32 Å². The van der Waals surface area contributed by atoms with Crippen LogP contribution in [-0.4, -0.2) is 11.1 Å². The number of rotatable bonds is 5. The molecule has 1 N–H and O–H groups in total. The first-order valence-electron chi connectivity index (χ1n) is 8.65. The van der Waals surface area contributed by atoms with E-state index < -0.39 is 5.91 Å². The van der Waals surface area contributed by atoms with Gasteiger partial charge in [0.15, 0.2) is 11.6 Å². The second-order valence-electron chi connectivity index (χ2n) is 6.07. The molecule has 4 aromatic rings. The third-order valence-corrected chi connectivity index (χ3v) is 4.67. The predicted octanol–water partition coefficient (Wildman–Crippen LogP) is 6.69. The second kappa shape index (κ2) is 8.39. The summed E-state index contributed by atoms with van der Waals surface area (Å²) >= 11 is 12.1. The van der Waals surface area contributed by atoms with Gasteiger partial charge in [0.2, 0.25) is 0 Å². The van der Waals surface area contributed by atoms with Crippen LogP contribution in [0.2, 0.25) is 10.0 Å². The number of amides is 1. The van der Waals surface area contributed by atoms with Crippen molar-refractivity contribution in [3.63, 3.8) is 0 Å². The van der Waals surface area contributed by atoms with E-state index in [1.54, 1.807) is 24.3 Å². The highest BCUT2D eigenvalue weighted by Crippen LogP contribution is 2.29. The summed E-state index contributed by atoms with van der Waals surface area (Å²) in [4.78, 5) is 12.5. The Kier molecular flexibility index (Phi) is 5.51. The molecule has 0 aliphatic heterocycles. The number of hydrogen-bond acceptors (Lipinski definition) is 4. The van der Waals surface area contributed by atoms with E-state index in [0.29, 0.717) is 11.5 Å². The molecule has 0 saturated carbocycles. The summed E-state index contributed by atoms with van der Waals surface area (Å²) in [5, 5.41) is 7.05. The van der Waals surface area contributed by atoms with E-state index in [2.05, 4.69) is 10.5 Å². The smallest absolute Gasteiger partial charge is 0.259 e. The topological polar surface area (TPSA) is 64.4 Å². The normalized spacial score (nSPS) is 10.6. The van der Waals surface area contributed by atoms with Crippen molar-refractivity contribution in [1.29, 1.82) is 0 Å². The van der Waals surface area contributed by atoms with Gasteiger partial charge in [-0.3, -0.25) is 4.79 Å². The van der Waals surface area contributed by atoms with Crippen molar-refractivity contribution in [2.24, 2.45) is 0 Å². The molecule has 1 aromatic heterocycles. The van der Waals surface area contributed by atoms with Crippen LogP contribution in [0.3, 0.4) is 0 Å². The standard InChI is InChI=1S/C22H14Cl2N2O3/c23-17-10-5-11-18(24)21(17)22(27)25-20-13-19(29-26-20)14-6-4-9-16(12-14)28-15-7-2-1-3-8-15/h1-13H,(H,25,26,27). The number of carbonyl (C=O) groups excluding carboxylic acids is 1. The van der Waals surface area contributed by atoms with Crippen molar-refractivity contribution < 1.29 is 14.1 Å². The molecule has 1 amide bonds. The molecule has 0 saturated heterocycles. The third-order valence-electron chi connectivity index (χ3n) is 4.04. The number of ether oxygens (including phenoxy) is 1. The average molecular weight is 425 g/mol. The molecule has 0 radical (unpaired) electrons. The lowest BCUT2D eigenvalue weighted by molar-refractivity contribution is 0.102. The molecule has 29 heavy (non-hydrogen) atoms. The molecule has 4 rings (SSSR count). The number of carbonyl (C=O) groups is 1. The van der Waals surface area contributed by atoms with Gasteiger partial charge >= 0.3 is 0 Å². The zero-order chi connectivity index (χ0) is 20.2. The van der Waals surface area contributed by atoms with E-state index in [1.807, 2.05) is 54.6 Å². The van der Waals surface area contributed by atoms with E-state index in [1.165, 1.54) is 0 Å². The van der Waals surface area contributed by atoms with E-state index in [4.69, 9.17) is 32.5 Å². The second-order valence-corrected chi connectivity index (χ2v) is 6.88. The summed E-state index contributed by atoms with van der Waals surface area (Å²) in [6.45, 7) is 0. The summed E-state index contributed by atoms with van der Waals surface area (Å²) in [5.41, 5.74) is 0.931. The fraction of sp³-hybridized carbons (Fsp3) is 0. The minimum Gasteiger partial charge on any atom is -0.457 e. The minimum absolute atomic E-state index is 0.179. The molecule has 3 aromatic carbocycles. The van der Waals surface area contributed by atoms with Crippen molar-refractivity contribution in [1.82, 2.24) is 5.16 Å². The number of para-hydroxylation sites is 1. The number of nitrogens with one attached hydrogen (secondary N) is 1. The van der Waals surface area contributed by atoms with Crippen LogP contribution < -0.4 is 10.1 Å². The first-order valence-corrected chi connectivity index (χ1v) is 9.41. The highest BCUT2D eigenvalue weighted by Gasteiger charge is 2.17. The highest BCUT2D eigenvalue weighted by atomic mass is 35.5. The Hall–Kier alpha value is -3.28. The van der Waals surface area contributed by atoms with Gasteiger partial charge in [0, 0.05) is 11.6 Å². The van der Waals surface area contributed by atoms with Crippen molar-refractivity contribution >= 4 is 34.9 Å². The highest BCUT2D eigenvalue weighted by molar-refractivity contribution is 6.40. The molecule has 7 heteroatoms. The molecule has 0 aliphatic carbocycles. The summed E-state index contributed by atoms with van der Waals surface area (Å²) in [6.07, 6.45) is 0. The SMILES string of the molecule is O=C(Nc1cc(-c2cccc(Oc3ccccc3)c2)on1)c1c(Cl)cccc1Cl. The summed E-state index contributed by atoms with van der Waals surface area (Å²) in [5.74, 6) is 1.63. The minimum atomic E-state index is -0.471. The lowest BCUT2D eigenvalue weighted by Gasteiger charge is -2.06. The Bertz CT molecular complexity index is 1140. The number of hydrogen-bond donors (Lipinski definition) is 1. The Morgan fingerprint density at radius 3 is 2.31 bits per heavy atom. The number of aromatic nitrogens is 1. The Labute approximate surface area is 176 Å². The number of halogens is 2. The molecular formula is C22H14Cl2N2O3. The van der Waals surface area contributed by atoms with Crippen molar-refractivity contribution in [3.05, 3.63) is 94.5 Å². The molecular weight excluding hydrogens is 411 g/mol. The van der Waals surface area contributed by atoms with Gasteiger partial charge in [-0.05, 0) is 36.4 Å². The molecule has 0 unspecified atom stereocenters. The zero-order valence-electron chi connectivity index (χ0n) is 14.9. The van der Waals surface area contributed by atoms with Gasteiger partial charge in [0.1, 0.15) is 11.5 Å². The monoisotopic (exact) mass is 424 g/mol. The van der Waals surface area contributed by atoms with E-state index >= 15 is 0 Å². The first-order chi connectivity index (χ1) is 14.1. The first kappa shape index (κ1) is 19.1. The zero-order valence-corrected chi connectivity index (χ0v) is 16.4. The van der Waals surface area contributed by atoms with Gasteiger partial charge in [-0.1, -0.05) is 64.8 Å². The molecule has 144 valence electrons. The molecule has 0 fully saturated rings. The quantitative estimate of drug-likeness (QED) is 0.387. The van der Waals surface area contributed by atoms with E-state index in [9.17, 15) is 4.79 Å². The predicted molar refractivity (Wildman–Crippen MR) is 113 cm³/mol. The van der Waals surface area contributed by atoms with E-state index in [0.717, 1.165) is 11.3 Å². The number of benzene rings is 3. The lowest BCUT2D eigenvalue weighted by atomic mass is 10.1. The van der Waals surface area contributed by atoms with Gasteiger partial charge in [0.25, 0.3) is 5.91 Å². The van der Waals surface area contributed by atoms with Gasteiger partial charge in [-0.15, -0.1) is 0 Å². The van der Waals surface area contributed by atoms with Crippen molar-refractivity contribution in [3.8, 4) is 22.8 Å². The summed E-state index contributed by atoms with van der Waals surface area (Å²) in [7, 11) is 0. The fourth-order valence-electron chi connectivity index (χ4n) is 2.70. The maximum absolute atomic E-state index is 12.5. The Morgan fingerprint density at radius 1 is 0.862 bits per heavy atom. The number of nitrogens with zero attached hydrogens (tertiary/aromatic N) is 1. The average Bonchev–Trinajstić information content (AvgIpc) is 3.17. The van der Waals surface area contributed by atoms with Crippen LogP contribution in [0.1, 0.15) is 10.4 Å². The summed E-state index contributed by atoms with van der Waals surface area (Å²) < 4.78 is 11.2. The van der Waals surface area contributed by atoms with Gasteiger partial charge in [-0.2, -0.15) is 0 Å². The number of anilines is 1. The Morgan fingerprint density at radius 2 is 1.55 bits per heavy atom. The fourth-order valence-corrected chi connectivity index (χ4v) is 3.27.